The molecule has 0 spiro atoms. The number of alkyl halides is 4. The number of nitrogen functional groups attached to an aromatic ring is 1. The Morgan fingerprint density at radius 3 is 2.44 bits per heavy atom. The van der Waals surface area contributed by atoms with Gasteiger partial charge in [-0.3, -0.25) is 5.41 Å². The molecular weight excluding hydrogens is 340 g/mol. The average Bonchev–Trinajstić information content (AvgIpc) is 2.94. The highest BCUT2D eigenvalue weighted by atomic mass is 19.3. The number of hydrogen-bond donors (Lipinski definition) is 3. The van der Waals surface area contributed by atoms with E-state index in [0.717, 1.165) is 13.0 Å². The summed E-state index contributed by atoms with van der Waals surface area (Å²) < 4.78 is 53.3. The van der Waals surface area contributed by atoms with E-state index >= 15 is 0 Å². The van der Waals surface area contributed by atoms with Crippen molar-refractivity contribution in [3.63, 3.8) is 0 Å². The zero-order valence-corrected chi connectivity index (χ0v) is 13.7. The molecule has 0 saturated heterocycles. The Morgan fingerprint density at radius 1 is 1.24 bits per heavy atom. The van der Waals surface area contributed by atoms with Crippen molar-refractivity contribution in [3.05, 3.63) is 35.0 Å². The lowest BCUT2D eigenvalue weighted by atomic mass is 10.0. The quantitative estimate of drug-likeness (QED) is 0.435. The summed E-state index contributed by atoms with van der Waals surface area (Å²) in [5, 5.41) is 7.35. The lowest BCUT2D eigenvalue weighted by Gasteiger charge is -2.23. The molecule has 0 aliphatic carbocycles. The van der Waals surface area contributed by atoms with Gasteiger partial charge in [0.15, 0.2) is 17.5 Å². The molecular formula is C15H16F4N6. The summed E-state index contributed by atoms with van der Waals surface area (Å²) in [4.78, 5) is 14.7. The van der Waals surface area contributed by atoms with E-state index in [1.54, 1.807) is 6.92 Å². The van der Waals surface area contributed by atoms with Crippen LogP contribution in [-0.2, 0) is 0 Å². The maximum Gasteiger partial charge on any atom is 0.331 e. The molecule has 0 atom stereocenters. The summed E-state index contributed by atoms with van der Waals surface area (Å²) in [6, 6.07) is 0. The van der Waals surface area contributed by atoms with Crippen LogP contribution < -0.4 is 5.73 Å². The van der Waals surface area contributed by atoms with Crippen molar-refractivity contribution < 1.29 is 17.6 Å². The van der Waals surface area contributed by atoms with Crippen LogP contribution in [0.25, 0.3) is 17.6 Å². The molecule has 25 heavy (non-hydrogen) atoms. The van der Waals surface area contributed by atoms with Crippen LogP contribution in [0.4, 0.5) is 17.6 Å². The summed E-state index contributed by atoms with van der Waals surface area (Å²) in [7, 11) is 0. The summed E-state index contributed by atoms with van der Waals surface area (Å²) in [5.74, 6) is -8.61. The Kier molecular flexibility index (Phi) is 4.65. The number of aromatic amines is 1. The molecule has 2 rings (SSSR count). The Hall–Kier alpha value is -2.78. The maximum absolute atomic E-state index is 13.6. The SMILES string of the molecule is C/C(=C\c1cnc(-c2nc(C(=N)N)ncc2C)[nH]1)C(F)(F)C(C)(F)F. The van der Waals surface area contributed by atoms with E-state index in [1.165, 1.54) is 12.4 Å². The summed E-state index contributed by atoms with van der Waals surface area (Å²) in [5.41, 5.74) is 5.57. The van der Waals surface area contributed by atoms with Crippen LogP contribution in [0.2, 0.25) is 0 Å². The average molecular weight is 356 g/mol. The number of nitrogens with one attached hydrogen (secondary N) is 2. The highest BCUT2D eigenvalue weighted by molar-refractivity contribution is 5.91. The molecule has 0 aliphatic rings. The Balaban J connectivity index is 2.40. The third-order valence-electron chi connectivity index (χ3n) is 3.45. The van der Waals surface area contributed by atoms with Crippen LogP contribution in [0.15, 0.2) is 18.0 Å². The summed E-state index contributed by atoms with van der Waals surface area (Å²) >= 11 is 0. The van der Waals surface area contributed by atoms with Gasteiger partial charge >= 0.3 is 11.8 Å². The largest absolute Gasteiger partial charge is 0.381 e. The standard InChI is InChI=1S/C15H16F4N6/c1-7-5-22-13(11(20)21)25-10(7)12-23-6-9(24-12)4-8(2)15(18,19)14(3,16)17/h4-6H,1-3H3,(H3,20,21)(H,23,24)/b8-4+. The number of nitrogens with two attached hydrogens (primary N) is 1. The topological polar surface area (TPSA) is 104 Å². The minimum atomic E-state index is -4.29. The summed E-state index contributed by atoms with van der Waals surface area (Å²) in [6.07, 6.45) is 3.56. The zero-order valence-electron chi connectivity index (χ0n) is 13.7. The van der Waals surface area contributed by atoms with Gasteiger partial charge in [-0.1, -0.05) is 0 Å². The van der Waals surface area contributed by atoms with E-state index in [2.05, 4.69) is 19.9 Å². The van der Waals surface area contributed by atoms with Crippen molar-refractivity contribution in [3.8, 4) is 11.5 Å². The molecule has 0 saturated carbocycles. The fourth-order valence-electron chi connectivity index (χ4n) is 2.01. The normalized spacial score (nSPS) is 13.2. The molecule has 0 aliphatic heterocycles. The minimum Gasteiger partial charge on any atom is -0.381 e. The van der Waals surface area contributed by atoms with Crippen LogP contribution in [0.1, 0.15) is 30.9 Å². The second kappa shape index (κ2) is 6.26. The third kappa shape index (κ3) is 3.67. The lowest BCUT2D eigenvalue weighted by molar-refractivity contribution is -0.172. The van der Waals surface area contributed by atoms with E-state index in [0.29, 0.717) is 11.3 Å². The monoisotopic (exact) mass is 356 g/mol. The van der Waals surface area contributed by atoms with Gasteiger partial charge in [0.05, 0.1) is 11.9 Å². The molecule has 0 aromatic carbocycles. The molecule has 2 aromatic rings. The van der Waals surface area contributed by atoms with Crippen LogP contribution >= 0.6 is 0 Å². The Bertz CT molecular complexity index is 835. The van der Waals surface area contributed by atoms with Crippen LogP contribution in [0.3, 0.4) is 0 Å². The van der Waals surface area contributed by atoms with Crippen molar-refractivity contribution in [2.75, 3.05) is 0 Å². The van der Waals surface area contributed by atoms with E-state index in [9.17, 15) is 17.6 Å². The predicted octanol–water partition coefficient (Wildman–Crippen LogP) is 3.15. The number of allylic oxidation sites excluding steroid dienone is 1. The molecule has 6 nitrogen and oxygen atoms in total. The van der Waals surface area contributed by atoms with Gasteiger partial charge in [0.25, 0.3) is 0 Å². The van der Waals surface area contributed by atoms with E-state index in [4.69, 9.17) is 11.1 Å². The number of rotatable bonds is 5. The molecule has 4 N–H and O–H groups in total. The number of aryl methyl sites for hydroxylation is 1. The highest BCUT2D eigenvalue weighted by Gasteiger charge is 2.53. The highest BCUT2D eigenvalue weighted by Crippen LogP contribution is 2.40. The number of aromatic nitrogens is 4. The first kappa shape index (κ1) is 18.6. The number of imidazole rings is 1. The molecule has 0 amide bonds. The number of H-pyrrole nitrogens is 1. The molecule has 0 unspecified atom stereocenters. The molecule has 0 radical (unpaired) electrons. The lowest BCUT2D eigenvalue weighted by Crippen LogP contribution is -2.38. The van der Waals surface area contributed by atoms with Gasteiger partial charge in [0.1, 0.15) is 5.69 Å². The zero-order chi connectivity index (χ0) is 19.0. The second-order valence-corrected chi connectivity index (χ2v) is 5.62. The van der Waals surface area contributed by atoms with Crippen molar-refractivity contribution in [2.24, 2.45) is 5.73 Å². The fraction of sp³-hybridized carbons (Fsp3) is 0.333. The van der Waals surface area contributed by atoms with Crippen molar-refractivity contribution in [1.29, 1.82) is 5.41 Å². The first-order valence-electron chi connectivity index (χ1n) is 7.11. The summed E-state index contributed by atoms with van der Waals surface area (Å²) in [6.45, 7) is 2.77. The molecule has 134 valence electrons. The predicted molar refractivity (Wildman–Crippen MR) is 84.6 cm³/mol. The van der Waals surface area contributed by atoms with Crippen molar-refractivity contribution in [2.45, 2.75) is 32.6 Å². The van der Waals surface area contributed by atoms with Crippen molar-refractivity contribution in [1.82, 2.24) is 19.9 Å². The first-order chi connectivity index (χ1) is 11.4. The van der Waals surface area contributed by atoms with Crippen LogP contribution in [0.5, 0.6) is 0 Å². The van der Waals surface area contributed by atoms with E-state index in [1.807, 2.05) is 0 Å². The van der Waals surface area contributed by atoms with Crippen molar-refractivity contribution >= 4 is 11.9 Å². The smallest absolute Gasteiger partial charge is 0.331 e. The van der Waals surface area contributed by atoms with Gasteiger partial charge in [0, 0.05) is 18.7 Å². The van der Waals surface area contributed by atoms with Gasteiger partial charge < -0.3 is 10.7 Å². The number of nitrogens with zero attached hydrogens (tertiary/aromatic N) is 3. The van der Waals surface area contributed by atoms with E-state index < -0.39 is 17.4 Å². The molecule has 0 bridgehead atoms. The van der Waals surface area contributed by atoms with Gasteiger partial charge in [-0.2, -0.15) is 17.6 Å². The Labute approximate surface area is 140 Å². The number of amidine groups is 1. The molecule has 2 aromatic heterocycles. The van der Waals surface area contributed by atoms with Gasteiger partial charge in [-0.15, -0.1) is 0 Å². The number of hydrogen-bond acceptors (Lipinski definition) is 4. The first-order valence-corrected chi connectivity index (χ1v) is 7.11. The Morgan fingerprint density at radius 2 is 1.88 bits per heavy atom. The fourth-order valence-corrected chi connectivity index (χ4v) is 2.01. The second-order valence-electron chi connectivity index (χ2n) is 5.62. The molecule has 10 heteroatoms. The third-order valence-corrected chi connectivity index (χ3v) is 3.45. The molecule has 2 heterocycles. The van der Waals surface area contributed by atoms with Gasteiger partial charge in [-0.25, -0.2) is 15.0 Å². The number of halogens is 4. The van der Waals surface area contributed by atoms with Gasteiger partial charge in [0.2, 0.25) is 0 Å². The maximum atomic E-state index is 13.6. The van der Waals surface area contributed by atoms with Crippen LogP contribution in [-0.4, -0.2) is 37.6 Å². The van der Waals surface area contributed by atoms with Crippen LogP contribution in [0, 0.1) is 12.3 Å². The molecule has 0 fully saturated rings. The van der Waals surface area contributed by atoms with Gasteiger partial charge in [-0.05, 0) is 25.5 Å². The minimum absolute atomic E-state index is 0.0116. The van der Waals surface area contributed by atoms with E-state index in [-0.39, 0.29) is 30.1 Å².